The third-order valence-corrected chi connectivity index (χ3v) is 7.53. The van der Waals surface area contributed by atoms with Crippen molar-refractivity contribution in [3.63, 3.8) is 0 Å². The van der Waals surface area contributed by atoms with Crippen LogP contribution in [0.2, 0.25) is 0 Å². The molecule has 0 radical (unpaired) electrons. The minimum Gasteiger partial charge on any atom is -0.378 e. The summed E-state index contributed by atoms with van der Waals surface area (Å²) in [6.07, 6.45) is 9.55. The average molecular weight is 1100 g/mol. The molecule has 1 aromatic carbocycles. The highest BCUT2D eigenvalue weighted by molar-refractivity contribution is 6.02. The molecular formula is C57H96N10O11. The summed E-state index contributed by atoms with van der Waals surface area (Å²) in [4.78, 5) is 99.5. The Morgan fingerprint density at radius 3 is 1.32 bits per heavy atom. The summed E-state index contributed by atoms with van der Waals surface area (Å²) in [6.45, 7) is 51.6. The molecule has 0 bridgehead atoms. The Kier molecular flexibility index (Phi) is 57.9. The van der Waals surface area contributed by atoms with Crippen LogP contribution in [0.4, 0.5) is 5.69 Å². The van der Waals surface area contributed by atoms with Crippen molar-refractivity contribution in [2.24, 2.45) is 5.73 Å². The van der Waals surface area contributed by atoms with E-state index in [1.165, 1.54) is 35.3 Å². The molecule has 78 heavy (non-hydrogen) atoms. The van der Waals surface area contributed by atoms with E-state index in [4.69, 9.17) is 9.84 Å². The Morgan fingerprint density at radius 2 is 1.06 bits per heavy atom. The highest BCUT2D eigenvalue weighted by Gasteiger charge is 2.14. The Bertz CT molecular complexity index is 1990. The third-order valence-electron chi connectivity index (χ3n) is 7.53. The summed E-state index contributed by atoms with van der Waals surface area (Å²) in [5.74, 6) is -1.43. The van der Waals surface area contributed by atoms with Crippen molar-refractivity contribution in [3.05, 3.63) is 143 Å². The lowest BCUT2D eigenvalue weighted by Gasteiger charge is -2.25. The Labute approximate surface area is 466 Å². The van der Waals surface area contributed by atoms with E-state index in [0.29, 0.717) is 44.0 Å². The number of aliphatic hydroxyl groups excluding tert-OH is 1. The van der Waals surface area contributed by atoms with E-state index in [1.54, 1.807) is 32.8 Å². The van der Waals surface area contributed by atoms with Gasteiger partial charge in [-0.3, -0.25) is 43.2 Å². The monoisotopic (exact) mass is 1100 g/mol. The summed E-state index contributed by atoms with van der Waals surface area (Å²) < 4.78 is 5.07. The Balaban J connectivity index is -0.000000147. The minimum absolute atomic E-state index is 0.00306. The minimum atomic E-state index is -0.481. The number of primary amides is 1. The number of benzene rings is 1. The molecule has 0 aliphatic carbocycles. The number of hydrogen-bond acceptors (Lipinski definition) is 12. The van der Waals surface area contributed by atoms with Gasteiger partial charge in [0, 0.05) is 68.2 Å². The second-order valence-corrected chi connectivity index (χ2v) is 17.9. The zero-order chi connectivity index (χ0) is 62.5. The Hall–Kier alpha value is -8.01. The zero-order valence-electron chi connectivity index (χ0n) is 49.1. The molecule has 1 aromatic rings. The molecule has 21 heteroatoms. The standard InChI is InChI=1S/C10H11NO.C8H16N2O.C8H15NO.C7H11NO2.C7H13NO.2C5H9NO.C4H7NO2.C3H5NO/c1-8(2)10(12)11-9-6-4-3-5-7-9;1-4-8(11)9-6-5-7-10(2)3;1-6(2)7(10)9-8(3,4)5;1-2-7(9)8-3-5-10-6-4-8;1-5-6(9)8-7(2,3)4;1-4-5(7)6(2)3;1-3-5(7)6-4-2;1-2-4(7)5-3-6;1-2-3(4)5/h3-7H,1H2,2H3,(H,11,12);4H,1,5-7H2,2-3H3,(H,9,11);1H2,2-5H3,(H,9,10);2H,1,3-6H2;5H,1H2,2-4H3,(H,8,9);4H,1H2,2-3H3;3H,1,4H2,2H3,(H,6,7);2,6H,1,3H2,(H,5,7);2H,1H2,(H2,4,5). The van der Waals surface area contributed by atoms with Crippen LogP contribution in [0.3, 0.4) is 0 Å². The fourth-order valence-electron chi connectivity index (χ4n) is 3.80. The van der Waals surface area contributed by atoms with E-state index < -0.39 is 5.91 Å². The molecule has 0 saturated carbocycles. The van der Waals surface area contributed by atoms with Crippen molar-refractivity contribution in [3.8, 4) is 0 Å². The number of ether oxygens (including phenoxy) is 1. The molecule has 21 nitrogen and oxygen atoms in total. The van der Waals surface area contributed by atoms with Gasteiger partial charge in [0.2, 0.25) is 47.3 Å². The van der Waals surface area contributed by atoms with E-state index in [0.717, 1.165) is 37.3 Å². The molecule has 1 fully saturated rings. The molecule has 1 heterocycles. The van der Waals surface area contributed by atoms with Gasteiger partial charge in [-0.05, 0) is 144 Å². The number of aliphatic hydroxyl groups is 1. The van der Waals surface area contributed by atoms with Crippen molar-refractivity contribution in [2.75, 3.05) is 86.2 Å². The number of amides is 9. The molecule has 9 amide bonds. The number of carbonyl (C=O) groups is 9. The third kappa shape index (κ3) is 72.2. The largest absolute Gasteiger partial charge is 0.378 e. The van der Waals surface area contributed by atoms with E-state index in [9.17, 15) is 43.2 Å². The molecule has 9 N–H and O–H groups in total. The van der Waals surface area contributed by atoms with Crippen LogP contribution in [0.15, 0.2) is 143 Å². The number of likely N-dealkylation sites (N-methyl/N-ethyl adjacent to an activating group) is 2. The predicted molar refractivity (Wildman–Crippen MR) is 317 cm³/mol. The number of anilines is 1. The van der Waals surface area contributed by atoms with Crippen molar-refractivity contribution in [2.45, 2.75) is 79.8 Å². The van der Waals surface area contributed by atoms with Crippen LogP contribution in [-0.4, -0.2) is 165 Å². The highest BCUT2D eigenvalue weighted by atomic mass is 16.5. The van der Waals surface area contributed by atoms with E-state index in [1.807, 2.05) is 92.9 Å². The van der Waals surface area contributed by atoms with Gasteiger partial charge in [0.25, 0.3) is 5.91 Å². The SMILES string of the molecule is C=C(C)C(=O)NC(C)(C)C.C=C(C)C(=O)Nc1ccccc1.C=CC(=O)N(C)C.C=CC(=O)N1CCOCC1.C=CC(=O)NC(C)(C)C.C=CC(=O)NCC.C=CC(=O)NCCCN(C)C.C=CC(=O)NCO.C=CC(N)=O. The maximum atomic E-state index is 11.1. The number of carbonyl (C=O) groups excluding carboxylic acids is 9. The summed E-state index contributed by atoms with van der Waals surface area (Å²) in [6, 6.07) is 9.31. The van der Waals surface area contributed by atoms with Gasteiger partial charge in [-0.2, -0.15) is 0 Å². The fourth-order valence-corrected chi connectivity index (χ4v) is 3.80. The van der Waals surface area contributed by atoms with Crippen molar-refractivity contribution < 1.29 is 53.0 Å². The number of hydrogen-bond donors (Lipinski definition) is 8. The van der Waals surface area contributed by atoms with Crippen LogP contribution in [0, 0.1) is 0 Å². The molecule has 440 valence electrons. The van der Waals surface area contributed by atoms with Crippen molar-refractivity contribution >= 4 is 58.9 Å². The first-order chi connectivity index (χ1) is 36.1. The molecular weight excluding hydrogens is 1000 g/mol. The molecule has 1 saturated heterocycles. The van der Waals surface area contributed by atoms with Crippen molar-refractivity contribution in [1.82, 2.24) is 41.3 Å². The van der Waals surface area contributed by atoms with Gasteiger partial charge in [0.1, 0.15) is 6.73 Å². The van der Waals surface area contributed by atoms with Gasteiger partial charge in [-0.1, -0.05) is 77.4 Å². The smallest absolute Gasteiger partial charge is 0.250 e. The van der Waals surface area contributed by atoms with Gasteiger partial charge in [0.15, 0.2) is 0 Å². The normalized spacial score (nSPS) is 10.2. The fraction of sp³-hybridized carbons (Fsp3) is 0.421. The first kappa shape index (κ1) is 84.0. The van der Waals surface area contributed by atoms with Crippen LogP contribution >= 0.6 is 0 Å². The summed E-state index contributed by atoms with van der Waals surface area (Å²) in [7, 11) is 7.39. The lowest BCUT2D eigenvalue weighted by molar-refractivity contribution is -0.130. The van der Waals surface area contributed by atoms with Crippen LogP contribution in [0.5, 0.6) is 0 Å². The van der Waals surface area contributed by atoms with E-state index in [2.05, 4.69) is 102 Å². The van der Waals surface area contributed by atoms with Gasteiger partial charge in [-0.25, -0.2) is 0 Å². The maximum Gasteiger partial charge on any atom is 0.250 e. The number of morpholine rings is 1. The molecule has 2 rings (SSSR count). The van der Waals surface area contributed by atoms with Gasteiger partial charge in [0.05, 0.1) is 13.2 Å². The summed E-state index contributed by atoms with van der Waals surface area (Å²) >= 11 is 0. The number of nitrogens with zero attached hydrogens (tertiary/aromatic N) is 3. The topological polar surface area (TPSA) is 291 Å². The highest BCUT2D eigenvalue weighted by Crippen LogP contribution is 2.06. The second-order valence-electron chi connectivity index (χ2n) is 17.9. The molecule has 0 atom stereocenters. The first-order valence-electron chi connectivity index (χ1n) is 24.2. The van der Waals surface area contributed by atoms with Crippen LogP contribution in [-0.2, 0) is 47.9 Å². The van der Waals surface area contributed by atoms with Crippen LogP contribution in [0.25, 0.3) is 0 Å². The summed E-state index contributed by atoms with van der Waals surface area (Å²) in [5.41, 5.74) is 6.09. The van der Waals surface area contributed by atoms with E-state index >= 15 is 0 Å². The molecule has 0 spiro atoms. The number of rotatable bonds is 16. The van der Waals surface area contributed by atoms with Gasteiger partial charge < -0.3 is 62.2 Å². The lowest BCUT2D eigenvalue weighted by Crippen LogP contribution is -2.40. The van der Waals surface area contributed by atoms with Crippen LogP contribution in [0.1, 0.15) is 68.7 Å². The first-order valence-corrected chi connectivity index (χ1v) is 24.2. The molecule has 0 unspecified atom stereocenters. The predicted octanol–water partition coefficient (Wildman–Crippen LogP) is 4.50. The number of para-hydroxylation sites is 1. The van der Waals surface area contributed by atoms with Crippen molar-refractivity contribution in [1.29, 1.82) is 0 Å². The molecule has 1 aliphatic rings. The zero-order valence-corrected chi connectivity index (χ0v) is 49.1. The average Bonchev–Trinajstić information content (AvgIpc) is 3.37. The maximum absolute atomic E-state index is 11.1. The quantitative estimate of drug-likeness (QED) is 0.0645. The lowest BCUT2D eigenvalue weighted by atomic mass is 10.1. The number of nitrogens with one attached hydrogen (secondary N) is 6. The van der Waals surface area contributed by atoms with Gasteiger partial charge in [-0.15, -0.1) is 0 Å². The molecule has 1 aliphatic heterocycles. The van der Waals surface area contributed by atoms with E-state index in [-0.39, 0.29) is 65.1 Å². The second kappa shape index (κ2) is 53.8. The van der Waals surface area contributed by atoms with Crippen LogP contribution < -0.4 is 37.6 Å². The Morgan fingerprint density at radius 1 is 0.641 bits per heavy atom. The van der Waals surface area contributed by atoms with Gasteiger partial charge >= 0.3 is 0 Å². The summed E-state index contributed by atoms with van der Waals surface area (Å²) in [5, 5.41) is 23.5. The molecule has 0 aromatic heterocycles. The number of nitrogens with two attached hydrogens (primary N) is 1.